The number of likely N-dealkylation sites (tertiary alicyclic amines) is 1. The van der Waals surface area contributed by atoms with Crippen molar-refractivity contribution in [2.45, 2.75) is 25.7 Å². The number of likely N-dealkylation sites (N-methyl/N-ethyl adjacent to an activating group) is 1. The van der Waals surface area contributed by atoms with Crippen molar-refractivity contribution in [2.24, 2.45) is 0 Å². The Morgan fingerprint density at radius 2 is 1.97 bits per heavy atom. The van der Waals surface area contributed by atoms with Gasteiger partial charge in [-0.15, -0.1) is 0 Å². The van der Waals surface area contributed by atoms with Gasteiger partial charge in [-0.25, -0.2) is 4.98 Å². The highest BCUT2D eigenvalue weighted by Crippen LogP contribution is 2.35. The Morgan fingerprint density at radius 1 is 1.09 bits per heavy atom. The van der Waals surface area contributed by atoms with Crippen molar-refractivity contribution in [1.82, 2.24) is 25.1 Å². The summed E-state index contributed by atoms with van der Waals surface area (Å²) in [6.45, 7) is 7.12. The number of H-pyrrole nitrogens is 1. The second-order valence-electron chi connectivity index (χ2n) is 9.60. The van der Waals surface area contributed by atoms with Crippen molar-refractivity contribution < 1.29 is 9.15 Å². The van der Waals surface area contributed by atoms with Gasteiger partial charge >= 0.3 is 0 Å². The zero-order chi connectivity index (χ0) is 23.8. The topological polar surface area (TPSA) is 95.3 Å². The third-order valence-corrected chi connectivity index (χ3v) is 6.85. The van der Waals surface area contributed by atoms with E-state index in [1.54, 1.807) is 0 Å². The number of morpholine rings is 1. The molecule has 182 valence electrons. The highest BCUT2D eigenvalue weighted by molar-refractivity contribution is 5.86. The minimum absolute atomic E-state index is 0.376. The average Bonchev–Trinajstić information content (AvgIpc) is 3.52. The molecule has 0 spiro atoms. The number of hydrogen-bond donors (Lipinski definition) is 2. The minimum Gasteiger partial charge on any atom is -0.455 e. The van der Waals surface area contributed by atoms with Crippen LogP contribution < -0.4 is 10.2 Å². The number of nitrogens with zero attached hydrogens (tertiary/aromatic N) is 5. The monoisotopic (exact) mass is 473 g/mol. The molecule has 3 aromatic heterocycles. The lowest BCUT2D eigenvalue weighted by Gasteiger charge is -2.28. The molecule has 6 rings (SSSR count). The Labute approximate surface area is 204 Å². The summed E-state index contributed by atoms with van der Waals surface area (Å²) in [6.07, 6.45) is 2.31. The predicted molar refractivity (Wildman–Crippen MR) is 136 cm³/mol. The smallest absolute Gasteiger partial charge is 0.231 e. The van der Waals surface area contributed by atoms with Gasteiger partial charge in [0.25, 0.3) is 0 Å². The van der Waals surface area contributed by atoms with Crippen LogP contribution in [0.5, 0.6) is 0 Å². The molecule has 2 N–H and O–H groups in total. The molecule has 2 aliphatic heterocycles. The Bertz CT molecular complexity index is 1320. The molecule has 35 heavy (non-hydrogen) atoms. The number of aromatic nitrogens is 4. The zero-order valence-corrected chi connectivity index (χ0v) is 20.3. The molecule has 1 atom stereocenters. The van der Waals surface area contributed by atoms with Gasteiger partial charge < -0.3 is 24.3 Å². The molecule has 0 radical (unpaired) electrons. The van der Waals surface area contributed by atoms with E-state index in [1.165, 1.54) is 12.0 Å². The number of ether oxygens (including phenoxy) is 1. The second-order valence-corrected chi connectivity index (χ2v) is 9.60. The fourth-order valence-electron chi connectivity index (χ4n) is 5.04. The molecule has 2 fully saturated rings. The second kappa shape index (κ2) is 9.31. The first kappa shape index (κ1) is 22.1. The van der Waals surface area contributed by atoms with Crippen LogP contribution in [0.25, 0.3) is 22.4 Å². The molecule has 0 amide bonds. The normalized spacial score (nSPS) is 19.4. The number of piperidine rings is 1. The molecule has 0 aliphatic carbocycles. The van der Waals surface area contributed by atoms with Crippen LogP contribution in [0.15, 0.2) is 40.8 Å². The van der Waals surface area contributed by atoms with Gasteiger partial charge in [-0.2, -0.15) is 10.1 Å². The van der Waals surface area contributed by atoms with E-state index >= 15 is 0 Å². The summed E-state index contributed by atoms with van der Waals surface area (Å²) in [7, 11) is 2.17. The first-order valence-corrected chi connectivity index (χ1v) is 12.3. The first-order valence-electron chi connectivity index (χ1n) is 12.3. The zero-order valence-electron chi connectivity index (χ0n) is 20.3. The number of anilines is 3. The van der Waals surface area contributed by atoms with Gasteiger partial charge in [-0.1, -0.05) is 23.8 Å². The van der Waals surface area contributed by atoms with Crippen LogP contribution in [-0.4, -0.2) is 71.5 Å². The number of aryl methyl sites for hydroxylation is 1. The van der Waals surface area contributed by atoms with E-state index in [4.69, 9.17) is 19.1 Å². The molecule has 2 saturated heterocycles. The summed E-state index contributed by atoms with van der Waals surface area (Å²) in [6, 6.07) is 12.4. The Morgan fingerprint density at radius 3 is 2.80 bits per heavy atom. The molecule has 4 aromatic rings. The molecule has 2 aliphatic rings. The maximum Gasteiger partial charge on any atom is 0.231 e. The van der Waals surface area contributed by atoms with Gasteiger partial charge in [0.1, 0.15) is 17.1 Å². The van der Waals surface area contributed by atoms with E-state index in [0.29, 0.717) is 25.1 Å². The van der Waals surface area contributed by atoms with E-state index in [-0.39, 0.29) is 0 Å². The number of rotatable bonds is 5. The van der Waals surface area contributed by atoms with Gasteiger partial charge in [0.2, 0.25) is 5.95 Å². The van der Waals surface area contributed by atoms with Crippen LogP contribution in [0.4, 0.5) is 17.6 Å². The molecule has 0 bridgehead atoms. The molecule has 1 aromatic carbocycles. The largest absolute Gasteiger partial charge is 0.455 e. The highest BCUT2D eigenvalue weighted by Gasteiger charge is 2.26. The van der Waals surface area contributed by atoms with Crippen LogP contribution in [0.1, 0.15) is 30.1 Å². The Hall–Kier alpha value is -3.43. The van der Waals surface area contributed by atoms with Crippen molar-refractivity contribution >= 4 is 28.7 Å². The van der Waals surface area contributed by atoms with Crippen molar-refractivity contribution in [1.29, 1.82) is 0 Å². The fraction of sp³-hybridized carbons (Fsp3) is 0.423. The fourth-order valence-corrected chi connectivity index (χ4v) is 5.04. The highest BCUT2D eigenvalue weighted by atomic mass is 16.5. The van der Waals surface area contributed by atoms with Gasteiger partial charge in [-0.3, -0.25) is 5.10 Å². The van der Waals surface area contributed by atoms with Gasteiger partial charge in [0.05, 0.1) is 18.9 Å². The standard InChI is InChI=1S/C26H31N7O2/c1-17-5-3-6-18(13-17)20-15-23(31-30-20)28-26-27-21-14-22(19-7-4-8-32(2)16-19)35-24(21)25(29-26)33-9-11-34-12-10-33/h3,5-6,13-15,19H,4,7-12,16H2,1-2H3,(H2,27,28,29,30,31). The lowest BCUT2D eigenvalue weighted by atomic mass is 9.96. The number of furan rings is 1. The van der Waals surface area contributed by atoms with Crippen LogP contribution in [0, 0.1) is 6.92 Å². The number of aromatic amines is 1. The Balaban J connectivity index is 1.34. The summed E-state index contributed by atoms with van der Waals surface area (Å²) < 4.78 is 12.0. The van der Waals surface area contributed by atoms with Gasteiger partial charge in [-0.05, 0) is 39.4 Å². The van der Waals surface area contributed by atoms with Crippen molar-refractivity contribution in [2.75, 3.05) is 56.7 Å². The molecular formula is C26H31N7O2. The SMILES string of the molecule is Cc1cccc(-c2cc(Nc3nc(N4CCOCC4)c4oc(C5CCCN(C)C5)cc4n3)[nH]n2)c1. The maximum absolute atomic E-state index is 6.44. The molecule has 5 heterocycles. The quantitative estimate of drug-likeness (QED) is 0.443. The van der Waals surface area contributed by atoms with Crippen LogP contribution in [-0.2, 0) is 4.74 Å². The summed E-state index contributed by atoms with van der Waals surface area (Å²) >= 11 is 0. The molecule has 0 saturated carbocycles. The number of benzene rings is 1. The van der Waals surface area contributed by atoms with Crippen LogP contribution >= 0.6 is 0 Å². The van der Waals surface area contributed by atoms with Crippen LogP contribution in [0.2, 0.25) is 0 Å². The third kappa shape index (κ3) is 4.61. The van der Waals surface area contributed by atoms with E-state index in [2.05, 4.69) is 63.6 Å². The minimum atomic E-state index is 0.376. The summed E-state index contributed by atoms with van der Waals surface area (Å²) in [5.41, 5.74) is 4.72. The lowest BCUT2D eigenvalue weighted by Crippen LogP contribution is -2.37. The predicted octanol–water partition coefficient (Wildman–Crippen LogP) is 4.31. The van der Waals surface area contributed by atoms with Crippen molar-refractivity contribution in [3.8, 4) is 11.3 Å². The number of nitrogens with one attached hydrogen (secondary N) is 2. The van der Waals surface area contributed by atoms with Crippen LogP contribution in [0.3, 0.4) is 0 Å². The summed E-state index contributed by atoms with van der Waals surface area (Å²) in [4.78, 5) is 14.3. The van der Waals surface area contributed by atoms with E-state index in [0.717, 1.165) is 72.4 Å². The van der Waals surface area contributed by atoms with Crippen molar-refractivity contribution in [3.63, 3.8) is 0 Å². The number of hydrogen-bond acceptors (Lipinski definition) is 8. The lowest BCUT2D eigenvalue weighted by molar-refractivity contribution is 0.122. The summed E-state index contributed by atoms with van der Waals surface area (Å²) in [5.74, 6) is 3.45. The van der Waals surface area contributed by atoms with E-state index in [9.17, 15) is 0 Å². The molecule has 9 heteroatoms. The molecule has 9 nitrogen and oxygen atoms in total. The van der Waals surface area contributed by atoms with E-state index in [1.807, 2.05) is 12.1 Å². The maximum atomic E-state index is 6.44. The molecule has 1 unspecified atom stereocenters. The average molecular weight is 474 g/mol. The first-order chi connectivity index (χ1) is 17.1. The number of fused-ring (bicyclic) bond motifs is 1. The van der Waals surface area contributed by atoms with Crippen molar-refractivity contribution in [3.05, 3.63) is 47.7 Å². The van der Waals surface area contributed by atoms with Gasteiger partial charge in [0.15, 0.2) is 11.4 Å². The van der Waals surface area contributed by atoms with E-state index < -0.39 is 0 Å². The van der Waals surface area contributed by atoms with Gasteiger partial charge in [0, 0.05) is 43.2 Å². The molecular weight excluding hydrogens is 442 g/mol. The third-order valence-electron chi connectivity index (χ3n) is 6.85. The Kier molecular flexibility index (Phi) is 5.87. The summed E-state index contributed by atoms with van der Waals surface area (Å²) in [5, 5.41) is 10.9.